The maximum atomic E-state index is 10.7. The van der Waals surface area contributed by atoms with E-state index in [-0.39, 0.29) is 6.10 Å². The molecule has 0 aliphatic heterocycles. The fourth-order valence-corrected chi connectivity index (χ4v) is 1.13. The van der Waals surface area contributed by atoms with Gasteiger partial charge in [-0.3, -0.25) is 0 Å². The highest BCUT2D eigenvalue weighted by Gasteiger charge is 2.11. The van der Waals surface area contributed by atoms with E-state index < -0.39 is 6.10 Å². The molecule has 2 nitrogen and oxygen atoms in total. The lowest BCUT2D eigenvalue weighted by Gasteiger charge is -2.14. The van der Waals surface area contributed by atoms with E-state index in [1.165, 1.54) is 0 Å². The number of benzene rings is 1. The third kappa shape index (κ3) is 2.99. The molecule has 0 saturated heterocycles. The van der Waals surface area contributed by atoms with Crippen LogP contribution in [0.15, 0.2) is 30.3 Å². The van der Waals surface area contributed by atoms with Gasteiger partial charge in [0.05, 0.1) is 6.10 Å². The van der Waals surface area contributed by atoms with Crippen molar-refractivity contribution >= 4 is 6.29 Å². The standard InChI is InChI=1S/C11H14O2/c1-9(2)13-11(8-12)10-6-4-3-5-7-10/h3-9,11H,1-2H3/t11-/m1/s1. The van der Waals surface area contributed by atoms with E-state index in [4.69, 9.17) is 4.74 Å². The zero-order valence-electron chi connectivity index (χ0n) is 7.94. The summed E-state index contributed by atoms with van der Waals surface area (Å²) in [5.41, 5.74) is 0.909. The predicted molar refractivity (Wildman–Crippen MR) is 51.5 cm³/mol. The van der Waals surface area contributed by atoms with E-state index >= 15 is 0 Å². The molecule has 0 amide bonds. The van der Waals surface area contributed by atoms with Crippen molar-refractivity contribution in [2.24, 2.45) is 0 Å². The molecule has 0 saturated carbocycles. The molecule has 1 aromatic carbocycles. The number of rotatable bonds is 4. The zero-order chi connectivity index (χ0) is 9.68. The Morgan fingerprint density at radius 3 is 2.31 bits per heavy atom. The Labute approximate surface area is 78.5 Å². The highest BCUT2D eigenvalue weighted by molar-refractivity contribution is 5.59. The van der Waals surface area contributed by atoms with Crippen molar-refractivity contribution < 1.29 is 9.53 Å². The summed E-state index contributed by atoms with van der Waals surface area (Å²) in [5, 5.41) is 0. The highest BCUT2D eigenvalue weighted by atomic mass is 16.5. The number of carbonyl (C=O) groups is 1. The van der Waals surface area contributed by atoms with E-state index in [2.05, 4.69) is 0 Å². The summed E-state index contributed by atoms with van der Waals surface area (Å²) in [6.45, 7) is 3.83. The Morgan fingerprint density at radius 2 is 1.85 bits per heavy atom. The maximum absolute atomic E-state index is 10.7. The van der Waals surface area contributed by atoms with Gasteiger partial charge in [-0.1, -0.05) is 30.3 Å². The van der Waals surface area contributed by atoms with E-state index in [1.807, 2.05) is 44.2 Å². The Balaban J connectivity index is 2.73. The molecule has 0 unspecified atom stereocenters. The quantitative estimate of drug-likeness (QED) is 0.661. The van der Waals surface area contributed by atoms with Crippen LogP contribution in [0, 0.1) is 0 Å². The maximum Gasteiger partial charge on any atom is 0.153 e. The van der Waals surface area contributed by atoms with Crippen molar-refractivity contribution in [3.8, 4) is 0 Å². The van der Waals surface area contributed by atoms with Crippen LogP contribution in [0.3, 0.4) is 0 Å². The van der Waals surface area contributed by atoms with Crippen molar-refractivity contribution in [2.75, 3.05) is 0 Å². The molecule has 0 heterocycles. The van der Waals surface area contributed by atoms with Gasteiger partial charge < -0.3 is 9.53 Å². The summed E-state index contributed by atoms with van der Waals surface area (Å²) in [5.74, 6) is 0. The minimum atomic E-state index is -0.429. The van der Waals surface area contributed by atoms with Gasteiger partial charge in [0, 0.05) is 0 Å². The summed E-state index contributed by atoms with van der Waals surface area (Å²) in [7, 11) is 0. The Bertz CT molecular complexity index is 254. The first-order valence-corrected chi connectivity index (χ1v) is 4.39. The molecule has 0 aromatic heterocycles. The summed E-state index contributed by atoms with van der Waals surface area (Å²) in [6.07, 6.45) is 0.464. The number of hydrogen-bond acceptors (Lipinski definition) is 2. The van der Waals surface area contributed by atoms with Crippen LogP contribution in [0.2, 0.25) is 0 Å². The second kappa shape index (κ2) is 4.77. The van der Waals surface area contributed by atoms with Crippen molar-refractivity contribution in [2.45, 2.75) is 26.1 Å². The lowest BCUT2D eigenvalue weighted by Crippen LogP contribution is -2.11. The minimum Gasteiger partial charge on any atom is -0.363 e. The minimum absolute atomic E-state index is 0.0652. The van der Waals surface area contributed by atoms with Crippen LogP contribution in [0.5, 0.6) is 0 Å². The molecule has 2 heteroatoms. The lowest BCUT2D eigenvalue weighted by atomic mass is 10.1. The molecule has 0 radical (unpaired) electrons. The molecular formula is C11H14O2. The first kappa shape index (κ1) is 9.93. The number of aldehydes is 1. The summed E-state index contributed by atoms with van der Waals surface area (Å²) < 4.78 is 5.42. The Hall–Kier alpha value is -1.15. The van der Waals surface area contributed by atoms with Crippen LogP contribution in [0.1, 0.15) is 25.5 Å². The van der Waals surface area contributed by atoms with Crippen molar-refractivity contribution in [3.63, 3.8) is 0 Å². The first-order valence-electron chi connectivity index (χ1n) is 4.39. The summed E-state index contributed by atoms with van der Waals surface area (Å²) >= 11 is 0. The van der Waals surface area contributed by atoms with E-state index in [1.54, 1.807) is 0 Å². The van der Waals surface area contributed by atoms with E-state index in [0.29, 0.717) is 0 Å². The van der Waals surface area contributed by atoms with Crippen LogP contribution in [0.4, 0.5) is 0 Å². The van der Waals surface area contributed by atoms with Crippen molar-refractivity contribution in [3.05, 3.63) is 35.9 Å². The lowest BCUT2D eigenvalue weighted by molar-refractivity contribution is -0.121. The van der Waals surface area contributed by atoms with Gasteiger partial charge >= 0.3 is 0 Å². The average Bonchev–Trinajstić information content (AvgIpc) is 2.15. The van der Waals surface area contributed by atoms with Gasteiger partial charge in [0.25, 0.3) is 0 Å². The van der Waals surface area contributed by atoms with Gasteiger partial charge in [-0.2, -0.15) is 0 Å². The van der Waals surface area contributed by atoms with Crippen molar-refractivity contribution in [1.29, 1.82) is 0 Å². The summed E-state index contributed by atoms with van der Waals surface area (Å²) in [6, 6.07) is 9.49. The van der Waals surface area contributed by atoms with Gasteiger partial charge in [-0.25, -0.2) is 0 Å². The fourth-order valence-electron chi connectivity index (χ4n) is 1.13. The Morgan fingerprint density at radius 1 is 1.23 bits per heavy atom. The molecule has 0 aliphatic rings. The fraction of sp³-hybridized carbons (Fsp3) is 0.364. The van der Waals surface area contributed by atoms with Crippen LogP contribution >= 0.6 is 0 Å². The van der Waals surface area contributed by atoms with E-state index in [9.17, 15) is 4.79 Å². The van der Waals surface area contributed by atoms with Gasteiger partial charge in [0.2, 0.25) is 0 Å². The molecule has 0 bridgehead atoms. The average molecular weight is 178 g/mol. The van der Waals surface area contributed by atoms with Gasteiger partial charge in [-0.05, 0) is 19.4 Å². The second-order valence-corrected chi connectivity index (χ2v) is 3.15. The topological polar surface area (TPSA) is 26.3 Å². The number of ether oxygens (including phenoxy) is 1. The van der Waals surface area contributed by atoms with Crippen LogP contribution in [-0.2, 0) is 9.53 Å². The first-order chi connectivity index (χ1) is 6.24. The second-order valence-electron chi connectivity index (χ2n) is 3.15. The third-order valence-electron chi connectivity index (χ3n) is 1.67. The molecule has 0 aliphatic carbocycles. The third-order valence-corrected chi connectivity index (χ3v) is 1.67. The molecule has 13 heavy (non-hydrogen) atoms. The molecule has 70 valence electrons. The monoisotopic (exact) mass is 178 g/mol. The highest BCUT2D eigenvalue weighted by Crippen LogP contribution is 2.15. The Kier molecular flexibility index (Phi) is 3.65. The molecule has 1 aromatic rings. The molecule has 0 fully saturated rings. The van der Waals surface area contributed by atoms with Gasteiger partial charge in [0.15, 0.2) is 6.29 Å². The largest absolute Gasteiger partial charge is 0.363 e. The van der Waals surface area contributed by atoms with Crippen LogP contribution in [-0.4, -0.2) is 12.4 Å². The normalized spacial score (nSPS) is 12.8. The van der Waals surface area contributed by atoms with Crippen molar-refractivity contribution in [1.82, 2.24) is 0 Å². The molecule has 0 spiro atoms. The number of carbonyl (C=O) groups excluding carboxylic acids is 1. The molecule has 1 rings (SSSR count). The molecular weight excluding hydrogens is 164 g/mol. The number of hydrogen-bond donors (Lipinski definition) is 0. The van der Waals surface area contributed by atoms with E-state index in [0.717, 1.165) is 11.8 Å². The SMILES string of the molecule is CC(C)O[C@H](C=O)c1ccccc1. The molecule has 1 atom stereocenters. The smallest absolute Gasteiger partial charge is 0.153 e. The summed E-state index contributed by atoms with van der Waals surface area (Å²) in [4.78, 5) is 10.7. The van der Waals surface area contributed by atoms with Crippen LogP contribution < -0.4 is 0 Å². The van der Waals surface area contributed by atoms with Gasteiger partial charge in [0.1, 0.15) is 6.10 Å². The molecule has 0 N–H and O–H groups in total. The predicted octanol–water partition coefficient (Wildman–Crippen LogP) is 2.35. The zero-order valence-corrected chi connectivity index (χ0v) is 7.94. The van der Waals surface area contributed by atoms with Gasteiger partial charge in [-0.15, -0.1) is 0 Å². The van der Waals surface area contributed by atoms with Crippen LogP contribution in [0.25, 0.3) is 0 Å².